The van der Waals surface area contributed by atoms with Crippen molar-refractivity contribution in [1.29, 1.82) is 0 Å². The number of rotatable bonds is 5. The summed E-state index contributed by atoms with van der Waals surface area (Å²) in [6.07, 6.45) is -0.237. The van der Waals surface area contributed by atoms with Crippen molar-refractivity contribution in [3.63, 3.8) is 0 Å². The van der Waals surface area contributed by atoms with Crippen LogP contribution in [0.25, 0.3) is 0 Å². The summed E-state index contributed by atoms with van der Waals surface area (Å²) in [5, 5.41) is 8.81. The smallest absolute Gasteiger partial charge is 0.361 e. The molecule has 0 bridgehead atoms. The minimum absolute atomic E-state index is 0.201. The molecule has 6 nitrogen and oxygen atoms in total. The lowest BCUT2D eigenvalue weighted by Gasteiger charge is -2.21. The van der Waals surface area contributed by atoms with E-state index in [1.807, 2.05) is 35.4 Å². The second-order valence-corrected chi connectivity index (χ2v) is 6.83. The number of fused-ring (bicyclic) bond motifs is 1. The Morgan fingerprint density at radius 1 is 1.10 bits per heavy atom. The van der Waals surface area contributed by atoms with Crippen LogP contribution in [0.1, 0.15) is 27.8 Å². The molecule has 0 atom stereocenters. The number of hydrogen-bond donors (Lipinski definition) is 2. The summed E-state index contributed by atoms with van der Waals surface area (Å²) < 4.78 is 40.2. The van der Waals surface area contributed by atoms with E-state index in [1.54, 1.807) is 17.3 Å². The maximum atomic E-state index is 13.4. The highest BCUT2D eigenvalue weighted by Gasteiger charge is 2.39. The van der Waals surface area contributed by atoms with E-state index in [4.69, 9.17) is 0 Å². The van der Waals surface area contributed by atoms with Gasteiger partial charge in [-0.2, -0.15) is 18.3 Å². The zero-order valence-corrected chi connectivity index (χ0v) is 15.3. The van der Waals surface area contributed by atoms with E-state index in [9.17, 15) is 18.0 Å². The Labute approximate surface area is 164 Å². The van der Waals surface area contributed by atoms with E-state index in [1.165, 1.54) is 0 Å². The molecule has 0 fully saturated rings. The lowest BCUT2D eigenvalue weighted by atomic mass is 10.0. The first-order valence-corrected chi connectivity index (χ1v) is 9.02. The maximum absolute atomic E-state index is 13.4. The van der Waals surface area contributed by atoms with Gasteiger partial charge >= 0.3 is 6.18 Å². The fraction of sp³-hybridized carbons (Fsp3) is 0.250. The van der Waals surface area contributed by atoms with Gasteiger partial charge in [-0.15, -0.1) is 0 Å². The maximum Gasteiger partial charge on any atom is 0.423 e. The van der Waals surface area contributed by atoms with Crippen LogP contribution in [0.15, 0.2) is 53.7 Å². The van der Waals surface area contributed by atoms with Gasteiger partial charge < -0.3 is 10.2 Å². The van der Waals surface area contributed by atoms with Gasteiger partial charge in [0, 0.05) is 38.6 Å². The van der Waals surface area contributed by atoms with Crippen LogP contribution in [0.2, 0.25) is 0 Å². The van der Waals surface area contributed by atoms with Crippen molar-refractivity contribution in [1.82, 2.24) is 20.5 Å². The van der Waals surface area contributed by atoms with Crippen molar-refractivity contribution in [3.05, 3.63) is 87.1 Å². The molecule has 9 heteroatoms. The van der Waals surface area contributed by atoms with Gasteiger partial charge in [-0.25, -0.2) is 5.10 Å². The monoisotopic (exact) mass is 401 g/mol. The van der Waals surface area contributed by atoms with Crippen molar-refractivity contribution in [2.24, 2.45) is 0 Å². The van der Waals surface area contributed by atoms with Gasteiger partial charge in [0.1, 0.15) is 5.56 Å². The van der Waals surface area contributed by atoms with Crippen LogP contribution in [0.3, 0.4) is 0 Å². The molecule has 0 radical (unpaired) electrons. The van der Waals surface area contributed by atoms with Crippen LogP contribution in [0, 0.1) is 0 Å². The zero-order chi connectivity index (χ0) is 20.4. The average Bonchev–Trinajstić information content (AvgIpc) is 3.13. The van der Waals surface area contributed by atoms with Crippen LogP contribution < -0.4 is 15.8 Å². The quantitative estimate of drug-likeness (QED) is 0.688. The standard InChI is InChI=1S/C20H18F3N5O/c21-20(22,23)18-17(10-26-27-19(18)29)28-11-15-3-1-2-14(16(15)12-28)9-25-8-13-4-6-24-7-5-13/h1-7,10,25H,8-9,11-12H2,(H,27,29). The minimum Gasteiger partial charge on any atom is -0.361 e. The van der Waals surface area contributed by atoms with Crippen LogP contribution in [0.5, 0.6) is 0 Å². The van der Waals surface area contributed by atoms with Crippen LogP contribution in [-0.4, -0.2) is 15.2 Å². The first-order chi connectivity index (χ1) is 13.9. The van der Waals surface area contributed by atoms with Gasteiger partial charge in [-0.05, 0) is 34.4 Å². The van der Waals surface area contributed by atoms with Crippen molar-refractivity contribution >= 4 is 5.69 Å². The third kappa shape index (κ3) is 4.00. The fourth-order valence-electron chi connectivity index (χ4n) is 3.57. The number of nitrogens with one attached hydrogen (secondary N) is 2. The molecule has 4 rings (SSSR count). The number of anilines is 1. The molecule has 0 aliphatic carbocycles. The Morgan fingerprint density at radius 2 is 1.90 bits per heavy atom. The predicted molar refractivity (Wildman–Crippen MR) is 101 cm³/mol. The van der Waals surface area contributed by atoms with Gasteiger partial charge in [0.15, 0.2) is 0 Å². The summed E-state index contributed by atoms with van der Waals surface area (Å²) in [4.78, 5) is 17.3. The van der Waals surface area contributed by atoms with E-state index >= 15 is 0 Å². The summed E-state index contributed by atoms with van der Waals surface area (Å²) in [7, 11) is 0. The molecule has 3 aromatic rings. The largest absolute Gasteiger partial charge is 0.423 e. The minimum atomic E-state index is -4.75. The van der Waals surface area contributed by atoms with Gasteiger partial charge in [0.25, 0.3) is 5.56 Å². The summed E-state index contributed by atoms with van der Waals surface area (Å²) in [6.45, 7) is 1.82. The molecule has 29 heavy (non-hydrogen) atoms. The van der Waals surface area contributed by atoms with Crippen molar-refractivity contribution < 1.29 is 13.2 Å². The number of nitrogens with zero attached hydrogens (tertiary/aromatic N) is 3. The van der Waals surface area contributed by atoms with Crippen LogP contribution in [-0.2, 0) is 32.4 Å². The lowest BCUT2D eigenvalue weighted by molar-refractivity contribution is -0.138. The Hall–Kier alpha value is -3.20. The molecule has 1 aliphatic rings. The first-order valence-electron chi connectivity index (χ1n) is 9.02. The van der Waals surface area contributed by atoms with E-state index < -0.39 is 17.3 Å². The van der Waals surface area contributed by atoms with E-state index in [2.05, 4.69) is 15.4 Å². The summed E-state index contributed by atoms with van der Waals surface area (Å²) >= 11 is 0. The summed E-state index contributed by atoms with van der Waals surface area (Å²) in [5.41, 5.74) is 1.39. The Balaban J connectivity index is 1.54. The Morgan fingerprint density at radius 3 is 2.66 bits per heavy atom. The highest BCUT2D eigenvalue weighted by Crippen LogP contribution is 2.37. The summed E-state index contributed by atoms with van der Waals surface area (Å²) in [6, 6.07) is 9.59. The van der Waals surface area contributed by atoms with Crippen molar-refractivity contribution in [2.45, 2.75) is 32.4 Å². The highest BCUT2D eigenvalue weighted by atomic mass is 19.4. The number of alkyl halides is 3. The molecular weight excluding hydrogens is 383 g/mol. The number of pyridine rings is 1. The van der Waals surface area contributed by atoms with Crippen molar-refractivity contribution in [3.8, 4) is 0 Å². The van der Waals surface area contributed by atoms with Gasteiger partial charge in [0.05, 0.1) is 11.9 Å². The third-order valence-corrected chi connectivity index (χ3v) is 4.93. The second-order valence-electron chi connectivity index (χ2n) is 6.83. The summed E-state index contributed by atoms with van der Waals surface area (Å²) in [5.74, 6) is 0. The molecule has 0 unspecified atom stereocenters. The molecule has 2 N–H and O–H groups in total. The topological polar surface area (TPSA) is 73.9 Å². The van der Waals surface area contributed by atoms with Crippen LogP contribution in [0.4, 0.5) is 18.9 Å². The number of aromatic amines is 1. The van der Waals surface area contributed by atoms with E-state index in [0.717, 1.165) is 28.5 Å². The molecule has 1 aliphatic heterocycles. The number of aromatic nitrogens is 3. The zero-order valence-electron chi connectivity index (χ0n) is 15.3. The van der Waals surface area contributed by atoms with Gasteiger partial charge in [-0.3, -0.25) is 9.78 Å². The Kier molecular flexibility index (Phi) is 5.06. The number of hydrogen-bond acceptors (Lipinski definition) is 5. The normalized spacial score (nSPS) is 13.6. The fourth-order valence-corrected chi connectivity index (χ4v) is 3.57. The number of halogens is 3. The average molecular weight is 401 g/mol. The molecule has 3 heterocycles. The molecule has 0 amide bonds. The van der Waals surface area contributed by atoms with E-state index in [-0.39, 0.29) is 12.2 Å². The first kappa shape index (κ1) is 19.1. The Bertz CT molecular complexity index is 1070. The molecule has 0 saturated carbocycles. The SMILES string of the molecule is O=c1[nH]ncc(N2Cc3cccc(CNCc4ccncc4)c3C2)c1C(F)(F)F. The van der Waals surface area contributed by atoms with Crippen molar-refractivity contribution in [2.75, 3.05) is 4.90 Å². The molecule has 150 valence electrons. The van der Waals surface area contributed by atoms with E-state index in [0.29, 0.717) is 19.6 Å². The molecule has 0 saturated heterocycles. The van der Waals surface area contributed by atoms with Crippen LogP contribution >= 0.6 is 0 Å². The number of H-pyrrole nitrogens is 1. The molecule has 1 aromatic carbocycles. The number of benzene rings is 1. The predicted octanol–water partition coefficient (Wildman–Crippen LogP) is 2.99. The van der Waals surface area contributed by atoms with Gasteiger partial charge in [-0.1, -0.05) is 18.2 Å². The molecule has 2 aromatic heterocycles. The molecule has 0 spiro atoms. The highest BCUT2D eigenvalue weighted by molar-refractivity contribution is 5.57. The molecular formula is C20H18F3N5O. The second kappa shape index (κ2) is 7.67. The van der Waals surface area contributed by atoms with Gasteiger partial charge in [0.2, 0.25) is 0 Å². The third-order valence-electron chi connectivity index (χ3n) is 4.93. The lowest BCUT2D eigenvalue weighted by Crippen LogP contribution is -2.28.